The third-order valence-corrected chi connectivity index (χ3v) is 3.69. The summed E-state index contributed by atoms with van der Waals surface area (Å²) in [4.78, 5) is 12.1. The highest BCUT2D eigenvalue weighted by Crippen LogP contribution is 2.20. The quantitative estimate of drug-likeness (QED) is 0.856. The van der Waals surface area contributed by atoms with Gasteiger partial charge in [-0.25, -0.2) is 13.2 Å². The summed E-state index contributed by atoms with van der Waals surface area (Å²) >= 11 is 1.08. The molecule has 0 spiro atoms. The Labute approximate surface area is 124 Å². The first kappa shape index (κ1) is 15.4. The summed E-state index contributed by atoms with van der Waals surface area (Å²) in [6, 6.07) is 9.59. The second-order valence-electron chi connectivity index (χ2n) is 4.23. The zero-order chi connectivity index (χ0) is 15.2. The molecule has 0 saturated heterocycles. The number of thioether (sulfide) groups is 1. The fraction of sp³-hybridized carbons (Fsp3) is 0.133. The van der Waals surface area contributed by atoms with Crippen LogP contribution in [0.25, 0.3) is 0 Å². The maximum absolute atomic E-state index is 13.3. The van der Waals surface area contributed by atoms with E-state index < -0.39 is 11.6 Å². The molecule has 2 aromatic carbocycles. The first-order chi connectivity index (χ1) is 10.1. The molecule has 0 aromatic heterocycles. The monoisotopic (exact) mass is 311 g/mol. The molecule has 0 atom stereocenters. The number of rotatable bonds is 5. The molecule has 0 aliphatic heterocycles. The summed E-state index contributed by atoms with van der Waals surface area (Å²) in [5, 5.41) is 2.57. The molecule has 0 saturated carbocycles. The van der Waals surface area contributed by atoms with Crippen molar-refractivity contribution in [2.75, 3.05) is 5.75 Å². The summed E-state index contributed by atoms with van der Waals surface area (Å²) in [7, 11) is 0. The Hall–Kier alpha value is -1.95. The second kappa shape index (κ2) is 7.17. The maximum atomic E-state index is 13.3. The molecular formula is C15H12F3NOS. The number of hydrogen-bond acceptors (Lipinski definition) is 2. The number of nitrogens with one attached hydrogen (secondary N) is 1. The molecule has 0 aliphatic rings. The average Bonchev–Trinajstić information content (AvgIpc) is 2.47. The van der Waals surface area contributed by atoms with Gasteiger partial charge in [0.2, 0.25) is 5.91 Å². The first-order valence-electron chi connectivity index (χ1n) is 6.14. The Bertz CT molecular complexity index is 649. The molecule has 2 rings (SSSR count). The predicted molar refractivity (Wildman–Crippen MR) is 75.3 cm³/mol. The van der Waals surface area contributed by atoms with Gasteiger partial charge in [-0.3, -0.25) is 4.79 Å². The van der Waals surface area contributed by atoms with Crippen LogP contribution in [0.5, 0.6) is 0 Å². The van der Waals surface area contributed by atoms with Crippen molar-refractivity contribution in [3.05, 3.63) is 65.5 Å². The van der Waals surface area contributed by atoms with E-state index in [2.05, 4.69) is 5.32 Å². The second-order valence-corrected chi connectivity index (χ2v) is 5.28. The molecular weight excluding hydrogens is 299 g/mol. The fourth-order valence-corrected chi connectivity index (χ4v) is 2.35. The summed E-state index contributed by atoms with van der Waals surface area (Å²) in [5.41, 5.74) is 0.392. The topological polar surface area (TPSA) is 29.1 Å². The van der Waals surface area contributed by atoms with E-state index in [1.165, 1.54) is 12.1 Å². The highest BCUT2D eigenvalue weighted by molar-refractivity contribution is 8.00. The van der Waals surface area contributed by atoms with Gasteiger partial charge in [0, 0.05) is 17.0 Å². The molecule has 0 unspecified atom stereocenters. The molecule has 110 valence electrons. The molecule has 0 radical (unpaired) electrons. The highest BCUT2D eigenvalue weighted by Gasteiger charge is 2.07. The van der Waals surface area contributed by atoms with E-state index >= 15 is 0 Å². The van der Waals surface area contributed by atoms with Crippen LogP contribution in [0.2, 0.25) is 0 Å². The lowest BCUT2D eigenvalue weighted by atomic mass is 10.2. The van der Waals surface area contributed by atoms with Gasteiger partial charge >= 0.3 is 0 Å². The van der Waals surface area contributed by atoms with E-state index in [0.717, 1.165) is 23.9 Å². The van der Waals surface area contributed by atoms with Crippen LogP contribution in [0.3, 0.4) is 0 Å². The first-order valence-corrected chi connectivity index (χ1v) is 7.13. The lowest BCUT2D eigenvalue weighted by molar-refractivity contribution is -0.118. The molecule has 0 aliphatic carbocycles. The number of carbonyl (C=O) groups is 1. The molecule has 0 fully saturated rings. The minimum Gasteiger partial charge on any atom is -0.351 e. The summed E-state index contributed by atoms with van der Waals surface area (Å²) in [5.74, 6) is -2.53. The van der Waals surface area contributed by atoms with Crippen molar-refractivity contribution in [3.63, 3.8) is 0 Å². The Morgan fingerprint density at radius 1 is 1.00 bits per heavy atom. The third kappa shape index (κ3) is 4.53. The van der Waals surface area contributed by atoms with E-state index in [0.29, 0.717) is 10.5 Å². The molecule has 1 amide bonds. The normalized spacial score (nSPS) is 10.4. The van der Waals surface area contributed by atoms with E-state index in [9.17, 15) is 18.0 Å². The van der Waals surface area contributed by atoms with Crippen LogP contribution in [-0.2, 0) is 11.3 Å². The van der Waals surface area contributed by atoms with Crippen molar-refractivity contribution in [3.8, 4) is 0 Å². The number of carbonyl (C=O) groups excluding carboxylic acids is 1. The van der Waals surface area contributed by atoms with Crippen molar-refractivity contribution in [1.29, 1.82) is 0 Å². The molecule has 0 bridgehead atoms. The van der Waals surface area contributed by atoms with Gasteiger partial charge in [0.25, 0.3) is 0 Å². The minimum absolute atomic E-state index is 0.0412. The van der Waals surface area contributed by atoms with Crippen LogP contribution in [0, 0.1) is 17.5 Å². The van der Waals surface area contributed by atoms with Gasteiger partial charge in [-0.05, 0) is 24.3 Å². The molecule has 21 heavy (non-hydrogen) atoms. The Morgan fingerprint density at radius 3 is 2.48 bits per heavy atom. The van der Waals surface area contributed by atoms with Gasteiger partial charge in [-0.2, -0.15) is 0 Å². The molecule has 2 nitrogen and oxygen atoms in total. The zero-order valence-corrected chi connectivity index (χ0v) is 11.7. The summed E-state index contributed by atoms with van der Waals surface area (Å²) in [6.45, 7) is 0.0871. The van der Waals surface area contributed by atoms with Crippen LogP contribution in [-0.4, -0.2) is 11.7 Å². The van der Waals surface area contributed by atoms with Crippen LogP contribution in [0.15, 0.2) is 47.4 Å². The Balaban J connectivity index is 1.82. The van der Waals surface area contributed by atoms with Crippen LogP contribution in [0.1, 0.15) is 5.56 Å². The predicted octanol–water partition coefficient (Wildman–Crippen LogP) is 3.51. The van der Waals surface area contributed by atoms with Crippen molar-refractivity contribution in [2.24, 2.45) is 0 Å². The number of halogens is 3. The average molecular weight is 311 g/mol. The zero-order valence-electron chi connectivity index (χ0n) is 10.9. The van der Waals surface area contributed by atoms with Gasteiger partial charge in [0.1, 0.15) is 5.82 Å². The van der Waals surface area contributed by atoms with Crippen molar-refractivity contribution in [1.82, 2.24) is 5.32 Å². The fourth-order valence-electron chi connectivity index (χ4n) is 1.60. The number of hydrogen-bond donors (Lipinski definition) is 1. The lowest BCUT2D eigenvalue weighted by Gasteiger charge is -2.06. The molecule has 1 N–H and O–H groups in total. The lowest BCUT2D eigenvalue weighted by Crippen LogP contribution is -2.25. The standard InChI is InChI=1S/C15H12F3NOS/c16-12-4-2-1-3-10(12)8-19-15(20)9-21-11-5-6-13(17)14(18)7-11/h1-7H,8-9H2,(H,19,20). The van der Waals surface area contributed by atoms with Crippen molar-refractivity contribution in [2.45, 2.75) is 11.4 Å². The molecule has 2 aromatic rings. The van der Waals surface area contributed by atoms with E-state index in [1.54, 1.807) is 18.2 Å². The molecule has 6 heteroatoms. The van der Waals surface area contributed by atoms with Gasteiger partial charge in [-0.15, -0.1) is 11.8 Å². The van der Waals surface area contributed by atoms with Gasteiger partial charge in [-0.1, -0.05) is 18.2 Å². The molecule has 0 heterocycles. The van der Waals surface area contributed by atoms with E-state index in [4.69, 9.17) is 0 Å². The third-order valence-electron chi connectivity index (χ3n) is 2.69. The van der Waals surface area contributed by atoms with Crippen LogP contribution >= 0.6 is 11.8 Å². The van der Waals surface area contributed by atoms with E-state index in [-0.39, 0.29) is 24.0 Å². The maximum Gasteiger partial charge on any atom is 0.230 e. The Kier molecular flexibility index (Phi) is 5.27. The van der Waals surface area contributed by atoms with Crippen LogP contribution in [0.4, 0.5) is 13.2 Å². The largest absolute Gasteiger partial charge is 0.351 e. The smallest absolute Gasteiger partial charge is 0.230 e. The summed E-state index contributed by atoms with van der Waals surface area (Å²) < 4.78 is 39.1. The van der Waals surface area contributed by atoms with Gasteiger partial charge < -0.3 is 5.32 Å². The minimum atomic E-state index is -0.952. The van der Waals surface area contributed by atoms with Crippen LogP contribution < -0.4 is 5.32 Å². The Morgan fingerprint density at radius 2 is 1.76 bits per heavy atom. The van der Waals surface area contributed by atoms with Gasteiger partial charge in [0.05, 0.1) is 5.75 Å². The van der Waals surface area contributed by atoms with Gasteiger partial charge in [0.15, 0.2) is 11.6 Å². The number of benzene rings is 2. The summed E-state index contributed by atoms with van der Waals surface area (Å²) in [6.07, 6.45) is 0. The number of amides is 1. The van der Waals surface area contributed by atoms with E-state index in [1.807, 2.05) is 0 Å². The SMILES string of the molecule is O=C(CSc1ccc(F)c(F)c1)NCc1ccccc1F. The highest BCUT2D eigenvalue weighted by atomic mass is 32.2. The van der Waals surface area contributed by atoms with Crippen molar-refractivity contribution < 1.29 is 18.0 Å². The van der Waals surface area contributed by atoms with Crippen molar-refractivity contribution >= 4 is 17.7 Å².